The lowest BCUT2D eigenvalue weighted by Crippen LogP contribution is -2.50. The SMILES string of the molecule is CC(C)(C)OC(=O)CCC(CCC(=O)OC(C)(C)C)(CCC(=O)OC(C)(C)C)NC(=O)CCCCCN1C(=O)c2ccc3c4ccc5c6c(ccc(c7ccc(c2c37)C1=O)c64)C(=O)N(c1cccc(N2C(=O)c3ccc4c6ccc7c8c(ccc(c9ccc(c3c49)C2=O)c86)C(=O)N(CCCCCC(=O)NC(CCC(=O)OC(C)(C)C)(CCC(=O)OC(C)(C)C)CCC(=O)OC(C)(C)C)C7=O)c1)C5=O. The zero-order chi connectivity index (χ0) is 99.9. The van der Waals surface area contributed by atoms with Crippen LogP contribution < -0.4 is 20.4 Å². The number of carbonyl (C=O) groups is 16. The number of ether oxygens (including phenoxy) is 6. The number of rotatable bonds is 34. The minimum Gasteiger partial charge on any atom is -0.460 e. The molecule has 0 unspecified atom stereocenters. The van der Waals surface area contributed by atoms with E-state index < -0.39 is 140 Å². The highest BCUT2D eigenvalue weighted by Crippen LogP contribution is 2.51. The Balaban J connectivity index is 0.618. The summed E-state index contributed by atoms with van der Waals surface area (Å²) in [4.78, 5) is 232. The first-order valence-corrected chi connectivity index (χ1v) is 47.6. The molecule has 0 bridgehead atoms. The van der Waals surface area contributed by atoms with Gasteiger partial charge in [-0.15, -0.1) is 0 Å². The third kappa shape index (κ3) is 20.5. The molecule has 0 aliphatic carbocycles. The van der Waals surface area contributed by atoms with Gasteiger partial charge in [0, 0.05) is 142 Å². The van der Waals surface area contributed by atoms with Crippen molar-refractivity contribution in [3.05, 3.63) is 166 Å². The molecular weight excluding hydrogens is 1760 g/mol. The van der Waals surface area contributed by atoms with Crippen molar-refractivity contribution in [2.75, 3.05) is 22.9 Å². The van der Waals surface area contributed by atoms with Gasteiger partial charge < -0.3 is 39.1 Å². The van der Waals surface area contributed by atoms with E-state index in [0.29, 0.717) is 147 Å². The molecule has 28 nitrogen and oxygen atoms in total. The van der Waals surface area contributed by atoms with Crippen LogP contribution in [0.3, 0.4) is 0 Å². The van der Waals surface area contributed by atoms with Crippen molar-refractivity contribution in [3.8, 4) is 0 Å². The second-order valence-corrected chi connectivity index (χ2v) is 43.0. The highest BCUT2D eigenvalue weighted by molar-refractivity contribution is 6.46. The van der Waals surface area contributed by atoms with Gasteiger partial charge in [-0.3, -0.25) is 86.5 Å². The van der Waals surface area contributed by atoms with E-state index in [2.05, 4.69) is 10.6 Å². The molecule has 0 aromatic heterocycles. The molecule has 4 aliphatic rings. The number of imide groups is 4. The average molecular weight is 1880 g/mol. The van der Waals surface area contributed by atoms with Crippen LogP contribution in [0.25, 0.3) is 86.2 Å². The smallest absolute Gasteiger partial charge is 0.306 e. The molecule has 28 heteroatoms. The van der Waals surface area contributed by atoms with Gasteiger partial charge >= 0.3 is 35.8 Å². The normalized spacial score (nSPS) is 14.5. The van der Waals surface area contributed by atoms with Gasteiger partial charge in [0.1, 0.15) is 33.6 Å². The molecule has 11 aromatic carbocycles. The van der Waals surface area contributed by atoms with E-state index >= 15 is 19.2 Å². The molecule has 0 saturated carbocycles. The van der Waals surface area contributed by atoms with E-state index in [4.69, 9.17) is 28.4 Å². The van der Waals surface area contributed by atoms with Gasteiger partial charge in [0.25, 0.3) is 47.3 Å². The Kier molecular flexibility index (Phi) is 26.7. The maximum Gasteiger partial charge on any atom is 0.306 e. The number of unbranched alkanes of at least 4 members (excludes halogenated alkanes) is 4. The lowest BCUT2D eigenvalue weighted by molar-refractivity contribution is -0.158. The topological polar surface area (TPSA) is 366 Å². The van der Waals surface area contributed by atoms with Gasteiger partial charge in [0.05, 0.1) is 11.4 Å². The van der Waals surface area contributed by atoms with E-state index in [0.717, 1.165) is 9.80 Å². The lowest BCUT2D eigenvalue weighted by atomic mass is 9.82. The molecule has 4 aliphatic heterocycles. The summed E-state index contributed by atoms with van der Waals surface area (Å²) in [5.41, 5.74) is -5.04. The summed E-state index contributed by atoms with van der Waals surface area (Å²) in [6.45, 7) is 31.4. The Morgan fingerprint density at radius 1 is 0.239 bits per heavy atom. The summed E-state index contributed by atoms with van der Waals surface area (Å²) < 4.78 is 33.8. The van der Waals surface area contributed by atoms with Crippen LogP contribution in [0.1, 0.15) is 336 Å². The van der Waals surface area contributed by atoms with Crippen LogP contribution in [0.5, 0.6) is 0 Å². The zero-order valence-corrected chi connectivity index (χ0v) is 81.9. The van der Waals surface area contributed by atoms with E-state index in [1.807, 2.05) is 24.3 Å². The summed E-state index contributed by atoms with van der Waals surface area (Å²) >= 11 is 0. The number of nitrogens with zero attached hydrogens (tertiary/aromatic N) is 4. The Labute approximate surface area is 800 Å². The highest BCUT2D eigenvalue weighted by atomic mass is 16.6. The van der Waals surface area contributed by atoms with Crippen molar-refractivity contribution in [1.82, 2.24) is 20.4 Å². The maximum absolute atomic E-state index is 15.3. The molecule has 10 amide bonds. The maximum atomic E-state index is 15.3. The largest absolute Gasteiger partial charge is 0.460 e. The first kappa shape index (κ1) is 98.8. The van der Waals surface area contributed by atoms with Gasteiger partial charge in [-0.2, -0.15) is 0 Å². The first-order chi connectivity index (χ1) is 64.7. The van der Waals surface area contributed by atoms with Crippen molar-refractivity contribution >= 4 is 192 Å². The average Bonchev–Trinajstić information content (AvgIpc) is 0.691. The van der Waals surface area contributed by atoms with Gasteiger partial charge in [0.15, 0.2) is 0 Å². The molecule has 4 heterocycles. The monoisotopic (exact) mass is 1880 g/mol. The second kappa shape index (κ2) is 37.3. The number of fused-ring (bicyclic) bond motifs is 4. The summed E-state index contributed by atoms with van der Waals surface area (Å²) in [5, 5.41) is 15.8. The predicted octanol–water partition coefficient (Wildman–Crippen LogP) is 20.1. The van der Waals surface area contributed by atoms with Crippen LogP contribution in [0.4, 0.5) is 11.4 Å². The predicted molar refractivity (Wildman–Crippen MR) is 524 cm³/mol. The number of hydrogen-bond acceptors (Lipinski definition) is 22. The number of benzene rings is 11. The third-order valence-electron chi connectivity index (χ3n) is 25.5. The van der Waals surface area contributed by atoms with Gasteiger partial charge in [0.2, 0.25) is 11.8 Å². The molecule has 0 radical (unpaired) electrons. The fourth-order valence-corrected chi connectivity index (χ4v) is 20.0. The first-order valence-electron chi connectivity index (χ1n) is 47.6. The van der Waals surface area contributed by atoms with Crippen molar-refractivity contribution in [2.24, 2.45) is 0 Å². The van der Waals surface area contributed by atoms with Crippen molar-refractivity contribution in [3.63, 3.8) is 0 Å². The number of amides is 10. The highest BCUT2D eigenvalue weighted by Gasteiger charge is 2.45. The van der Waals surface area contributed by atoms with Crippen LogP contribution in [0.15, 0.2) is 121 Å². The molecule has 0 fully saturated rings. The van der Waals surface area contributed by atoms with Crippen molar-refractivity contribution in [2.45, 2.75) is 298 Å². The fourth-order valence-electron chi connectivity index (χ4n) is 20.0. The molecule has 15 rings (SSSR count). The Bertz CT molecular complexity index is 6150. The summed E-state index contributed by atoms with van der Waals surface area (Å²) in [6.07, 6.45) is 1.73. The third-order valence-corrected chi connectivity index (χ3v) is 25.5. The van der Waals surface area contributed by atoms with Gasteiger partial charge in [-0.1, -0.05) is 67.4 Å². The molecule has 0 spiro atoms. The van der Waals surface area contributed by atoms with Crippen molar-refractivity contribution in [1.29, 1.82) is 0 Å². The molecule has 722 valence electrons. The Morgan fingerprint density at radius 3 is 0.630 bits per heavy atom. The minimum absolute atomic E-state index is 0.00300. The fraction of sp³-hybridized carbons (Fsp3) is 0.436. The van der Waals surface area contributed by atoms with E-state index in [1.54, 1.807) is 216 Å². The number of anilines is 2. The van der Waals surface area contributed by atoms with Crippen LogP contribution >= 0.6 is 0 Å². The van der Waals surface area contributed by atoms with Crippen LogP contribution in [-0.4, -0.2) is 162 Å². The minimum atomic E-state index is -1.23. The molecule has 0 saturated heterocycles. The van der Waals surface area contributed by atoms with Crippen LogP contribution in [-0.2, 0) is 66.8 Å². The number of hydrogen-bond donors (Lipinski definition) is 2. The number of nitrogens with one attached hydrogen (secondary N) is 2. The van der Waals surface area contributed by atoms with E-state index in [1.165, 1.54) is 15.9 Å². The van der Waals surface area contributed by atoms with Gasteiger partial charge in [-0.05, 0) is 320 Å². The van der Waals surface area contributed by atoms with Gasteiger partial charge in [-0.25, -0.2) is 9.80 Å². The molecule has 138 heavy (non-hydrogen) atoms. The molecule has 11 aromatic rings. The Morgan fingerprint density at radius 2 is 0.435 bits per heavy atom. The number of esters is 6. The Hall–Kier alpha value is -13.7. The number of carbonyl (C=O) groups excluding carboxylic acids is 16. The summed E-state index contributed by atoms with van der Waals surface area (Å²) in [7, 11) is 0. The standard InChI is InChI=1S/C110H120N6O22/c1-103(2,3)133-81(119)46-52-109(53-47-82(120)134-104(4,5)6,54-48-83(121)135-105(7,8)9)111-79(117)28-21-19-23-58-113-95(125)71-38-30-63-67-34-42-75-93-76(43-35-68(89(67)93)64-31-39-72(96(113)126)91(71)87(63)64)100(130)115(99(75)129)61-26-25-27-62(60-61)116-101(131)77-44-36-69-65-32-40-73-92-74(41-33-66(88(65)92)70-37-45-78(102(116)132)94(77)90(69)70)98(128)114(97(73)127)59-24-20-22-29-80(118)112-110(55-49-84(122)136-106(10,11)12,56-50-85(123)137-107(13,14)15)57-51-86(124)138-108(16,17)18/h25-27,30-45,60H,19-24,28-29,46-59H2,1-18H3,(H,111,117)(H,112,118). The van der Waals surface area contributed by atoms with E-state index in [9.17, 15) is 57.5 Å². The van der Waals surface area contributed by atoms with Crippen LogP contribution in [0, 0.1) is 0 Å². The summed E-state index contributed by atoms with van der Waals surface area (Å²) in [6, 6.07) is 33.9. The quantitative estimate of drug-likeness (QED) is 0.00944. The second-order valence-electron chi connectivity index (χ2n) is 43.0. The molecule has 2 N–H and O–H groups in total. The van der Waals surface area contributed by atoms with Crippen molar-refractivity contribution < 1.29 is 105 Å². The summed E-state index contributed by atoms with van der Waals surface area (Å²) in [5.74, 6) is -8.59. The molecule has 0 atom stereocenters. The van der Waals surface area contributed by atoms with Crippen LogP contribution in [0.2, 0.25) is 0 Å². The lowest BCUT2D eigenvalue weighted by Gasteiger charge is -2.36. The van der Waals surface area contributed by atoms with E-state index in [-0.39, 0.29) is 137 Å². The zero-order valence-electron chi connectivity index (χ0n) is 81.9. The molecular formula is C110H120N6O22.